The smallest absolute Gasteiger partial charge is 0.250 e. The molecule has 0 aromatic carbocycles. The fraction of sp³-hybridized carbons (Fsp3) is 0.667. The number of rotatable bonds is 6. The minimum atomic E-state index is -3.42. The Labute approximate surface area is 118 Å². The van der Waals surface area contributed by atoms with Crippen LogP contribution in [0.5, 0.6) is 0 Å². The van der Waals surface area contributed by atoms with Crippen LogP contribution in [0.3, 0.4) is 0 Å². The van der Waals surface area contributed by atoms with Gasteiger partial charge in [-0.15, -0.1) is 11.3 Å². The molecule has 0 bridgehead atoms. The lowest BCUT2D eigenvalue weighted by Crippen LogP contribution is -2.38. The number of thiophene rings is 1. The largest absolute Gasteiger partial charge is 0.377 e. The van der Waals surface area contributed by atoms with Crippen molar-refractivity contribution in [3.05, 3.63) is 17.0 Å². The minimum Gasteiger partial charge on any atom is -0.377 e. The third kappa shape index (κ3) is 3.76. The van der Waals surface area contributed by atoms with E-state index in [4.69, 9.17) is 4.74 Å². The molecule has 0 spiro atoms. The fourth-order valence-corrected chi connectivity index (χ4v) is 4.67. The van der Waals surface area contributed by atoms with E-state index >= 15 is 0 Å². The first-order valence-corrected chi connectivity index (χ1v) is 8.76. The summed E-state index contributed by atoms with van der Waals surface area (Å²) in [6.45, 7) is 6.11. The molecule has 1 aromatic rings. The summed E-state index contributed by atoms with van der Waals surface area (Å²) >= 11 is 1.31. The molecule has 2 heterocycles. The van der Waals surface area contributed by atoms with Gasteiger partial charge in [-0.25, -0.2) is 13.1 Å². The van der Waals surface area contributed by atoms with Crippen LogP contribution >= 0.6 is 11.3 Å². The molecule has 1 aliphatic rings. The van der Waals surface area contributed by atoms with Crippen LogP contribution in [-0.4, -0.2) is 33.7 Å². The fourth-order valence-electron chi connectivity index (χ4n) is 1.99. The van der Waals surface area contributed by atoms with E-state index in [1.807, 2.05) is 19.9 Å². The Hall–Kier alpha value is -0.470. The predicted molar refractivity (Wildman–Crippen MR) is 75.8 cm³/mol. The number of sulfonamides is 1. The molecule has 1 aliphatic heterocycles. The van der Waals surface area contributed by atoms with Gasteiger partial charge in [0.05, 0.1) is 12.1 Å². The summed E-state index contributed by atoms with van der Waals surface area (Å²) in [5.74, 6) is 0. The van der Waals surface area contributed by atoms with Gasteiger partial charge in [-0.05, 0) is 32.0 Å². The molecule has 7 heteroatoms. The van der Waals surface area contributed by atoms with E-state index in [1.54, 1.807) is 6.07 Å². The summed E-state index contributed by atoms with van der Waals surface area (Å²) < 4.78 is 33.0. The van der Waals surface area contributed by atoms with Crippen molar-refractivity contribution in [1.29, 1.82) is 0 Å². The summed E-state index contributed by atoms with van der Waals surface area (Å²) in [6, 6.07) is 3.40. The van der Waals surface area contributed by atoms with Crippen molar-refractivity contribution in [2.24, 2.45) is 0 Å². The predicted octanol–water partition coefficient (Wildman–Crippen LogP) is 1.31. The van der Waals surface area contributed by atoms with Crippen molar-refractivity contribution in [2.45, 2.75) is 43.2 Å². The van der Waals surface area contributed by atoms with E-state index in [0.29, 0.717) is 17.4 Å². The van der Waals surface area contributed by atoms with Crippen LogP contribution in [0.2, 0.25) is 0 Å². The Morgan fingerprint density at radius 3 is 2.89 bits per heavy atom. The van der Waals surface area contributed by atoms with Crippen molar-refractivity contribution < 1.29 is 13.2 Å². The van der Waals surface area contributed by atoms with Crippen molar-refractivity contribution in [2.75, 3.05) is 13.2 Å². The molecule has 0 aliphatic carbocycles. The maximum absolute atomic E-state index is 12.2. The maximum Gasteiger partial charge on any atom is 0.250 e. The Kier molecular flexibility index (Phi) is 4.97. The number of hydrogen-bond donors (Lipinski definition) is 2. The van der Waals surface area contributed by atoms with Crippen molar-refractivity contribution in [1.82, 2.24) is 10.0 Å². The van der Waals surface area contributed by atoms with Crippen LogP contribution in [0.1, 0.15) is 25.1 Å². The second-order valence-electron chi connectivity index (χ2n) is 4.59. The quantitative estimate of drug-likeness (QED) is 0.831. The van der Waals surface area contributed by atoms with Gasteiger partial charge < -0.3 is 10.1 Å². The molecular weight excluding hydrogens is 284 g/mol. The van der Waals surface area contributed by atoms with Gasteiger partial charge in [0.25, 0.3) is 0 Å². The Morgan fingerprint density at radius 2 is 2.26 bits per heavy atom. The summed E-state index contributed by atoms with van der Waals surface area (Å²) in [5.41, 5.74) is 0. The summed E-state index contributed by atoms with van der Waals surface area (Å²) in [5, 5.41) is 3.18. The first kappa shape index (κ1) is 14.9. The molecule has 2 unspecified atom stereocenters. The monoisotopic (exact) mass is 304 g/mol. The first-order chi connectivity index (χ1) is 9.03. The van der Waals surface area contributed by atoms with Crippen molar-refractivity contribution >= 4 is 21.4 Å². The standard InChI is InChI=1S/C12H20N2O3S2/c1-3-13-8-10-4-5-12(18-10)19(15,16)14-11-6-7-17-9(11)2/h4-5,9,11,13-14H,3,6-8H2,1-2H3. The molecule has 2 atom stereocenters. The summed E-state index contributed by atoms with van der Waals surface area (Å²) in [7, 11) is -3.42. The number of hydrogen-bond acceptors (Lipinski definition) is 5. The average molecular weight is 304 g/mol. The lowest BCUT2D eigenvalue weighted by molar-refractivity contribution is 0.117. The van der Waals surface area contributed by atoms with Crippen LogP contribution in [0.4, 0.5) is 0 Å². The molecule has 2 rings (SSSR count). The van der Waals surface area contributed by atoms with E-state index in [-0.39, 0.29) is 12.1 Å². The van der Waals surface area contributed by atoms with Gasteiger partial charge >= 0.3 is 0 Å². The van der Waals surface area contributed by atoms with E-state index in [9.17, 15) is 8.42 Å². The van der Waals surface area contributed by atoms with Crippen LogP contribution in [0, 0.1) is 0 Å². The van der Waals surface area contributed by atoms with E-state index in [2.05, 4.69) is 10.0 Å². The molecule has 1 saturated heterocycles. The third-order valence-electron chi connectivity index (χ3n) is 3.13. The molecular formula is C12H20N2O3S2. The molecule has 1 fully saturated rings. The highest BCUT2D eigenvalue weighted by Crippen LogP contribution is 2.23. The summed E-state index contributed by atoms with van der Waals surface area (Å²) in [4.78, 5) is 1.03. The Balaban J connectivity index is 2.04. The lowest BCUT2D eigenvalue weighted by Gasteiger charge is -2.15. The van der Waals surface area contributed by atoms with Gasteiger partial charge in [-0.2, -0.15) is 0 Å². The van der Waals surface area contributed by atoms with Gasteiger partial charge in [0, 0.05) is 18.0 Å². The molecule has 0 amide bonds. The highest BCUT2D eigenvalue weighted by Gasteiger charge is 2.29. The molecule has 2 N–H and O–H groups in total. The second kappa shape index (κ2) is 6.32. The molecule has 5 nitrogen and oxygen atoms in total. The highest BCUT2D eigenvalue weighted by atomic mass is 32.2. The highest BCUT2D eigenvalue weighted by molar-refractivity contribution is 7.91. The van der Waals surface area contributed by atoms with E-state index in [1.165, 1.54) is 11.3 Å². The topological polar surface area (TPSA) is 67.4 Å². The van der Waals surface area contributed by atoms with E-state index in [0.717, 1.165) is 17.8 Å². The molecule has 0 radical (unpaired) electrons. The van der Waals surface area contributed by atoms with Crippen LogP contribution in [0.25, 0.3) is 0 Å². The molecule has 0 saturated carbocycles. The van der Waals surface area contributed by atoms with Gasteiger partial charge in [-0.1, -0.05) is 6.92 Å². The van der Waals surface area contributed by atoms with Crippen LogP contribution in [0.15, 0.2) is 16.3 Å². The maximum atomic E-state index is 12.2. The Morgan fingerprint density at radius 1 is 1.47 bits per heavy atom. The van der Waals surface area contributed by atoms with Gasteiger partial charge in [0.2, 0.25) is 10.0 Å². The average Bonchev–Trinajstić information content (AvgIpc) is 2.97. The SMILES string of the molecule is CCNCc1ccc(S(=O)(=O)NC2CCOC2C)s1. The minimum absolute atomic E-state index is 0.0593. The zero-order valence-electron chi connectivity index (χ0n) is 11.2. The lowest BCUT2D eigenvalue weighted by atomic mass is 10.2. The zero-order chi connectivity index (χ0) is 13.9. The normalized spacial score (nSPS) is 23.9. The molecule has 108 valence electrons. The van der Waals surface area contributed by atoms with Gasteiger partial charge in [0.15, 0.2) is 0 Å². The van der Waals surface area contributed by atoms with E-state index < -0.39 is 10.0 Å². The van der Waals surface area contributed by atoms with Crippen molar-refractivity contribution in [3.63, 3.8) is 0 Å². The third-order valence-corrected chi connectivity index (χ3v) is 6.20. The van der Waals surface area contributed by atoms with Gasteiger partial charge in [0.1, 0.15) is 4.21 Å². The molecule has 1 aromatic heterocycles. The van der Waals surface area contributed by atoms with Crippen LogP contribution < -0.4 is 10.0 Å². The van der Waals surface area contributed by atoms with Crippen LogP contribution in [-0.2, 0) is 21.3 Å². The number of nitrogens with one attached hydrogen (secondary N) is 2. The zero-order valence-corrected chi connectivity index (χ0v) is 12.8. The Bertz CT molecular complexity index is 513. The first-order valence-electron chi connectivity index (χ1n) is 6.46. The second-order valence-corrected chi connectivity index (χ2v) is 7.70. The van der Waals surface area contributed by atoms with Gasteiger partial charge in [-0.3, -0.25) is 0 Å². The number of ether oxygens (including phenoxy) is 1. The summed E-state index contributed by atoms with van der Waals surface area (Å²) in [6.07, 6.45) is 0.673. The van der Waals surface area contributed by atoms with Crippen molar-refractivity contribution in [3.8, 4) is 0 Å². The molecule has 19 heavy (non-hydrogen) atoms.